The second-order valence-electron chi connectivity index (χ2n) is 5.45. The Kier molecular flexibility index (Phi) is 4.14. The van der Waals surface area contributed by atoms with Crippen molar-refractivity contribution in [1.82, 2.24) is 10.3 Å². The van der Waals surface area contributed by atoms with E-state index in [0.29, 0.717) is 6.04 Å². The summed E-state index contributed by atoms with van der Waals surface area (Å²) in [4.78, 5) is 3.29. The van der Waals surface area contributed by atoms with Crippen LogP contribution in [0.25, 0.3) is 10.9 Å². The van der Waals surface area contributed by atoms with E-state index in [1.54, 1.807) is 0 Å². The second kappa shape index (κ2) is 6.02. The Hall–Kier alpha value is -0.930. The molecule has 0 amide bonds. The molecule has 2 nitrogen and oxygen atoms in total. The van der Waals surface area contributed by atoms with Gasteiger partial charge in [-0.3, -0.25) is 0 Å². The minimum atomic E-state index is 0.683. The largest absolute Gasteiger partial charge is 0.361 e. The minimum Gasteiger partial charge on any atom is -0.361 e. The molecule has 1 aromatic carbocycles. The predicted molar refractivity (Wildman–Crippen MR) is 84.7 cm³/mol. The number of benzene rings is 1. The average Bonchev–Trinajstić information content (AvgIpc) is 2.93. The molecule has 2 unspecified atom stereocenters. The number of fused-ring (bicyclic) bond motifs is 1. The van der Waals surface area contributed by atoms with Crippen LogP contribution in [0.15, 0.2) is 30.5 Å². The molecular formula is C16H22N2S. The third-order valence-corrected chi connectivity index (χ3v) is 5.36. The van der Waals surface area contributed by atoms with E-state index in [9.17, 15) is 0 Å². The fraction of sp³-hybridized carbons (Fsp3) is 0.500. The maximum Gasteiger partial charge on any atom is 0.0457 e. The first-order chi connectivity index (χ1) is 9.36. The molecule has 2 aromatic rings. The Bertz CT molecular complexity index is 534. The van der Waals surface area contributed by atoms with Crippen molar-refractivity contribution in [3.63, 3.8) is 0 Å². The van der Waals surface area contributed by atoms with Crippen molar-refractivity contribution in [3.8, 4) is 0 Å². The Labute approximate surface area is 119 Å². The van der Waals surface area contributed by atoms with E-state index in [1.807, 2.05) is 18.0 Å². The number of hydrogen-bond acceptors (Lipinski definition) is 2. The molecule has 1 heterocycles. The van der Waals surface area contributed by atoms with Gasteiger partial charge in [0.1, 0.15) is 0 Å². The van der Waals surface area contributed by atoms with Crippen LogP contribution in [0.3, 0.4) is 0 Å². The van der Waals surface area contributed by atoms with Crippen LogP contribution in [0, 0.1) is 0 Å². The Morgan fingerprint density at radius 1 is 1.26 bits per heavy atom. The van der Waals surface area contributed by atoms with Crippen LogP contribution in [0.4, 0.5) is 0 Å². The van der Waals surface area contributed by atoms with Gasteiger partial charge in [-0.15, -0.1) is 0 Å². The molecule has 0 spiro atoms. The number of aromatic nitrogens is 1. The fourth-order valence-electron chi connectivity index (χ4n) is 3.07. The van der Waals surface area contributed by atoms with Crippen molar-refractivity contribution in [2.24, 2.45) is 0 Å². The van der Waals surface area contributed by atoms with Crippen LogP contribution >= 0.6 is 11.8 Å². The summed E-state index contributed by atoms with van der Waals surface area (Å²) in [7, 11) is 0. The highest BCUT2D eigenvalue weighted by Crippen LogP contribution is 2.27. The monoisotopic (exact) mass is 274 g/mol. The summed E-state index contributed by atoms with van der Waals surface area (Å²) in [6, 6.07) is 9.51. The molecule has 2 N–H and O–H groups in total. The van der Waals surface area contributed by atoms with E-state index >= 15 is 0 Å². The van der Waals surface area contributed by atoms with Crippen molar-refractivity contribution in [1.29, 1.82) is 0 Å². The van der Waals surface area contributed by atoms with E-state index in [-0.39, 0.29) is 0 Å². The van der Waals surface area contributed by atoms with Crippen molar-refractivity contribution >= 4 is 22.7 Å². The molecule has 0 aliphatic heterocycles. The third kappa shape index (κ3) is 2.98. The molecule has 102 valence electrons. The van der Waals surface area contributed by atoms with E-state index in [0.717, 1.165) is 11.8 Å². The van der Waals surface area contributed by atoms with Gasteiger partial charge < -0.3 is 10.3 Å². The maximum absolute atomic E-state index is 3.76. The summed E-state index contributed by atoms with van der Waals surface area (Å²) < 4.78 is 0. The molecular weight excluding hydrogens is 252 g/mol. The Morgan fingerprint density at radius 3 is 3.05 bits per heavy atom. The quantitative estimate of drug-likeness (QED) is 0.884. The standard InChI is InChI=1S/C16H22N2S/c1-19-16-5-3-2-4-14(16)18-11-12-6-7-13-8-9-17-15(13)10-12/h6-10,14,16-18H,2-5,11H2,1H3. The van der Waals surface area contributed by atoms with Gasteiger partial charge in [-0.2, -0.15) is 11.8 Å². The minimum absolute atomic E-state index is 0.683. The van der Waals surface area contributed by atoms with Crippen LogP contribution in [-0.2, 0) is 6.54 Å². The van der Waals surface area contributed by atoms with Crippen molar-refractivity contribution in [3.05, 3.63) is 36.0 Å². The maximum atomic E-state index is 3.76. The van der Waals surface area contributed by atoms with Gasteiger partial charge in [0.15, 0.2) is 0 Å². The highest BCUT2D eigenvalue weighted by Gasteiger charge is 2.23. The predicted octanol–water partition coefficient (Wildman–Crippen LogP) is 3.93. The number of hydrogen-bond donors (Lipinski definition) is 2. The molecule has 2 atom stereocenters. The van der Waals surface area contributed by atoms with Gasteiger partial charge in [-0.25, -0.2) is 0 Å². The number of nitrogens with one attached hydrogen (secondary N) is 2. The molecule has 3 heteroatoms. The van der Waals surface area contributed by atoms with Crippen molar-refractivity contribution in [2.75, 3.05) is 6.26 Å². The molecule has 1 saturated carbocycles. The van der Waals surface area contributed by atoms with Crippen LogP contribution in [0.5, 0.6) is 0 Å². The number of aromatic amines is 1. The summed E-state index contributed by atoms with van der Waals surface area (Å²) in [5.74, 6) is 0. The zero-order chi connectivity index (χ0) is 13.1. The molecule has 1 aliphatic rings. The second-order valence-corrected chi connectivity index (χ2v) is 6.52. The topological polar surface area (TPSA) is 27.8 Å². The van der Waals surface area contributed by atoms with Gasteiger partial charge in [-0.05, 0) is 42.2 Å². The van der Waals surface area contributed by atoms with Gasteiger partial charge in [0, 0.05) is 29.6 Å². The van der Waals surface area contributed by atoms with Crippen molar-refractivity contribution in [2.45, 2.75) is 43.5 Å². The lowest BCUT2D eigenvalue weighted by molar-refractivity contribution is 0.383. The molecule has 3 rings (SSSR count). The summed E-state index contributed by atoms with van der Waals surface area (Å²) in [5.41, 5.74) is 2.62. The lowest BCUT2D eigenvalue weighted by Gasteiger charge is -2.31. The van der Waals surface area contributed by atoms with Gasteiger partial charge >= 0.3 is 0 Å². The van der Waals surface area contributed by atoms with Crippen LogP contribution < -0.4 is 5.32 Å². The summed E-state index contributed by atoms with van der Waals surface area (Å²) in [6.07, 6.45) is 9.73. The Morgan fingerprint density at radius 2 is 2.16 bits per heavy atom. The van der Waals surface area contributed by atoms with Gasteiger partial charge in [0.2, 0.25) is 0 Å². The van der Waals surface area contributed by atoms with Crippen LogP contribution in [0.1, 0.15) is 31.2 Å². The molecule has 19 heavy (non-hydrogen) atoms. The molecule has 1 fully saturated rings. The first kappa shape index (κ1) is 13.1. The van der Waals surface area contributed by atoms with E-state index in [2.05, 4.69) is 40.8 Å². The van der Waals surface area contributed by atoms with Gasteiger partial charge in [0.05, 0.1) is 0 Å². The summed E-state index contributed by atoms with van der Waals surface area (Å²) in [5, 5.41) is 5.85. The average molecular weight is 274 g/mol. The number of rotatable bonds is 4. The smallest absolute Gasteiger partial charge is 0.0457 e. The highest BCUT2D eigenvalue weighted by atomic mass is 32.2. The van der Waals surface area contributed by atoms with Crippen LogP contribution in [0.2, 0.25) is 0 Å². The Balaban J connectivity index is 1.64. The molecule has 0 saturated heterocycles. The van der Waals surface area contributed by atoms with Crippen molar-refractivity contribution < 1.29 is 0 Å². The molecule has 0 radical (unpaired) electrons. The molecule has 1 aromatic heterocycles. The molecule has 0 bridgehead atoms. The third-order valence-electron chi connectivity index (χ3n) is 4.19. The first-order valence-corrected chi connectivity index (χ1v) is 8.48. The number of H-pyrrole nitrogens is 1. The highest BCUT2D eigenvalue weighted by molar-refractivity contribution is 7.99. The zero-order valence-corrected chi connectivity index (χ0v) is 12.3. The van der Waals surface area contributed by atoms with E-state index in [4.69, 9.17) is 0 Å². The van der Waals surface area contributed by atoms with E-state index in [1.165, 1.54) is 42.1 Å². The van der Waals surface area contributed by atoms with Gasteiger partial charge in [0.25, 0.3) is 0 Å². The number of thioether (sulfide) groups is 1. The van der Waals surface area contributed by atoms with E-state index < -0.39 is 0 Å². The lowest BCUT2D eigenvalue weighted by atomic mass is 9.94. The SMILES string of the molecule is CSC1CCCCC1NCc1ccc2cc[nH]c2c1. The van der Waals surface area contributed by atoms with Crippen LogP contribution in [-0.4, -0.2) is 22.5 Å². The molecule has 1 aliphatic carbocycles. The zero-order valence-electron chi connectivity index (χ0n) is 11.5. The fourth-order valence-corrected chi connectivity index (χ4v) is 4.03. The summed E-state index contributed by atoms with van der Waals surface area (Å²) >= 11 is 2.02. The lowest BCUT2D eigenvalue weighted by Crippen LogP contribution is -2.39. The summed E-state index contributed by atoms with van der Waals surface area (Å²) in [6.45, 7) is 0.983. The van der Waals surface area contributed by atoms with Gasteiger partial charge in [-0.1, -0.05) is 25.0 Å². The normalized spacial score (nSPS) is 23.8. The first-order valence-electron chi connectivity index (χ1n) is 7.19.